The third-order valence-electron chi connectivity index (χ3n) is 4.59. The van der Waals surface area contributed by atoms with Crippen LogP contribution in [0.15, 0.2) is 9.59 Å². The number of nitrogens with zero attached hydrogens (tertiary/aromatic N) is 5. The van der Waals surface area contributed by atoms with E-state index in [-0.39, 0.29) is 13.2 Å². The Kier molecular flexibility index (Phi) is 8.06. The normalized spacial score (nSPS) is 13.9. The van der Waals surface area contributed by atoms with E-state index in [1.54, 1.807) is 18.5 Å². The van der Waals surface area contributed by atoms with E-state index in [0.717, 1.165) is 30.7 Å². The zero-order valence-corrected chi connectivity index (χ0v) is 17.4. The van der Waals surface area contributed by atoms with Crippen molar-refractivity contribution in [3.8, 4) is 11.8 Å². The Morgan fingerprint density at radius 3 is 2.31 bits per heavy atom. The molecule has 14 heteroatoms. The smallest absolute Gasteiger partial charge is 0.475 e. The average molecular weight is 460 g/mol. The minimum Gasteiger partial charge on any atom is -0.475 e. The van der Waals surface area contributed by atoms with Gasteiger partial charge in [0.25, 0.3) is 5.56 Å². The molecule has 0 unspecified atom stereocenters. The highest BCUT2D eigenvalue weighted by Crippen LogP contribution is 2.20. The second-order valence-electron chi connectivity index (χ2n) is 6.66. The first-order valence-corrected chi connectivity index (χ1v) is 9.50. The number of alkyl halides is 3. The summed E-state index contributed by atoms with van der Waals surface area (Å²) >= 11 is 0. The van der Waals surface area contributed by atoms with E-state index >= 15 is 0 Å². The molecule has 2 aromatic rings. The average Bonchev–Trinajstić information content (AvgIpc) is 3.14. The molecule has 0 radical (unpaired) electrons. The van der Waals surface area contributed by atoms with Crippen LogP contribution in [0.1, 0.15) is 6.92 Å². The summed E-state index contributed by atoms with van der Waals surface area (Å²) in [5.74, 6) is 3.71. The molecule has 3 rings (SSSR count). The van der Waals surface area contributed by atoms with E-state index in [9.17, 15) is 27.9 Å². The summed E-state index contributed by atoms with van der Waals surface area (Å²) in [6, 6.07) is 0. The number of carboxylic acid groups (broad SMARTS) is 1. The number of carbonyl (C=O) groups is 1. The van der Waals surface area contributed by atoms with Crippen molar-refractivity contribution < 1.29 is 28.2 Å². The molecule has 176 valence electrons. The lowest BCUT2D eigenvalue weighted by Crippen LogP contribution is -2.44. The van der Waals surface area contributed by atoms with Gasteiger partial charge in [-0.1, -0.05) is 5.92 Å². The summed E-state index contributed by atoms with van der Waals surface area (Å²) in [5, 5.41) is 19.6. The number of carboxylic acids is 1. The van der Waals surface area contributed by atoms with Crippen molar-refractivity contribution in [1.29, 1.82) is 0 Å². The van der Waals surface area contributed by atoms with Crippen LogP contribution in [0.4, 0.5) is 19.1 Å². The molecular formula is C18H23F3N6O5. The predicted molar refractivity (Wildman–Crippen MR) is 109 cm³/mol. The number of anilines is 1. The molecule has 0 bridgehead atoms. The number of aromatic nitrogens is 4. The quantitative estimate of drug-likeness (QED) is 0.493. The number of halogens is 3. The molecule has 3 heterocycles. The topological polar surface area (TPSA) is 135 Å². The van der Waals surface area contributed by atoms with Crippen LogP contribution < -0.4 is 21.5 Å². The largest absolute Gasteiger partial charge is 0.490 e. The van der Waals surface area contributed by atoms with Gasteiger partial charge in [0, 0.05) is 33.2 Å². The lowest BCUT2D eigenvalue weighted by molar-refractivity contribution is -0.192. The van der Waals surface area contributed by atoms with Gasteiger partial charge in [0.05, 0.1) is 19.7 Å². The van der Waals surface area contributed by atoms with E-state index in [1.807, 2.05) is 0 Å². The molecule has 3 N–H and O–H groups in total. The highest BCUT2D eigenvalue weighted by Gasteiger charge is 2.38. The molecule has 1 aliphatic rings. The molecule has 0 spiro atoms. The van der Waals surface area contributed by atoms with Crippen LogP contribution in [0.5, 0.6) is 0 Å². The summed E-state index contributed by atoms with van der Waals surface area (Å²) in [5.41, 5.74) is -0.244. The van der Waals surface area contributed by atoms with Crippen LogP contribution in [0.25, 0.3) is 11.2 Å². The maximum absolute atomic E-state index is 12.9. The van der Waals surface area contributed by atoms with Crippen molar-refractivity contribution in [2.75, 3.05) is 37.7 Å². The molecule has 11 nitrogen and oxygen atoms in total. The van der Waals surface area contributed by atoms with Crippen LogP contribution in [-0.2, 0) is 24.9 Å². The number of nitrogens with one attached hydrogen (secondary N) is 1. The summed E-state index contributed by atoms with van der Waals surface area (Å²) in [7, 11) is 1.59. The number of rotatable bonds is 4. The van der Waals surface area contributed by atoms with Crippen molar-refractivity contribution in [3.63, 3.8) is 0 Å². The van der Waals surface area contributed by atoms with Gasteiger partial charge in [-0.05, 0) is 6.92 Å². The van der Waals surface area contributed by atoms with E-state index in [0.29, 0.717) is 23.7 Å². The second kappa shape index (κ2) is 10.3. The van der Waals surface area contributed by atoms with Gasteiger partial charge in [0.15, 0.2) is 11.2 Å². The fourth-order valence-electron chi connectivity index (χ4n) is 3.07. The van der Waals surface area contributed by atoms with Crippen molar-refractivity contribution >= 4 is 23.1 Å². The molecule has 0 atom stereocenters. The highest BCUT2D eigenvalue weighted by molar-refractivity contribution is 5.75. The first-order chi connectivity index (χ1) is 15.0. The van der Waals surface area contributed by atoms with E-state index in [4.69, 9.17) is 9.90 Å². The Hall–Kier alpha value is -3.31. The second-order valence-corrected chi connectivity index (χ2v) is 6.66. The maximum atomic E-state index is 12.9. The number of aliphatic hydroxyl groups is 1. The van der Waals surface area contributed by atoms with Crippen molar-refractivity contribution in [2.24, 2.45) is 7.05 Å². The third kappa shape index (κ3) is 5.29. The van der Waals surface area contributed by atoms with E-state index in [1.165, 1.54) is 4.57 Å². The number of aliphatic hydroxyl groups excluding tert-OH is 1. The van der Waals surface area contributed by atoms with Crippen LogP contribution in [0, 0.1) is 11.8 Å². The lowest BCUT2D eigenvalue weighted by atomic mass is 10.4. The van der Waals surface area contributed by atoms with Gasteiger partial charge in [-0.15, -0.1) is 5.92 Å². The third-order valence-corrected chi connectivity index (χ3v) is 4.59. The summed E-state index contributed by atoms with van der Waals surface area (Å²) in [6.45, 7) is 4.92. The number of aryl methyl sites for hydroxylation is 1. The molecule has 1 aliphatic heterocycles. The summed E-state index contributed by atoms with van der Waals surface area (Å²) < 4.78 is 35.9. The zero-order chi connectivity index (χ0) is 24.1. The van der Waals surface area contributed by atoms with Crippen molar-refractivity contribution in [2.45, 2.75) is 26.2 Å². The number of imidazole rings is 1. The van der Waals surface area contributed by atoms with E-state index in [2.05, 4.69) is 27.0 Å². The van der Waals surface area contributed by atoms with Gasteiger partial charge >= 0.3 is 17.8 Å². The molecule has 2 aromatic heterocycles. The first-order valence-electron chi connectivity index (χ1n) is 9.50. The van der Waals surface area contributed by atoms with Crippen LogP contribution in [-0.4, -0.2) is 73.8 Å². The molecule has 0 aromatic carbocycles. The highest BCUT2D eigenvalue weighted by atomic mass is 19.4. The number of hydrogen-bond donors (Lipinski definition) is 3. The molecule has 32 heavy (non-hydrogen) atoms. The van der Waals surface area contributed by atoms with Gasteiger partial charge < -0.3 is 20.4 Å². The predicted octanol–water partition coefficient (Wildman–Crippen LogP) is -1.04. The van der Waals surface area contributed by atoms with Crippen LogP contribution >= 0.6 is 0 Å². The van der Waals surface area contributed by atoms with Gasteiger partial charge in [-0.3, -0.25) is 18.5 Å². The van der Waals surface area contributed by atoms with Gasteiger partial charge in [-0.25, -0.2) is 9.59 Å². The van der Waals surface area contributed by atoms with Crippen LogP contribution in [0.3, 0.4) is 0 Å². The zero-order valence-electron chi connectivity index (χ0n) is 17.4. The molecule has 0 aliphatic carbocycles. The minimum atomic E-state index is -5.08. The Balaban J connectivity index is 0.000000451. The van der Waals surface area contributed by atoms with E-state index < -0.39 is 23.4 Å². The molecule has 1 fully saturated rings. The Morgan fingerprint density at radius 2 is 1.81 bits per heavy atom. The van der Waals surface area contributed by atoms with Crippen molar-refractivity contribution in [3.05, 3.63) is 20.8 Å². The number of piperazine rings is 1. The fourth-order valence-corrected chi connectivity index (χ4v) is 3.07. The summed E-state index contributed by atoms with van der Waals surface area (Å²) in [4.78, 5) is 40.9. The minimum absolute atomic E-state index is 0.0466. The van der Waals surface area contributed by atoms with Crippen LogP contribution in [0.2, 0.25) is 0 Å². The fraction of sp³-hybridized carbons (Fsp3) is 0.556. The maximum Gasteiger partial charge on any atom is 0.490 e. The molecule has 1 saturated heterocycles. The molecule has 0 saturated carbocycles. The Labute approximate surface area is 179 Å². The molecular weight excluding hydrogens is 437 g/mol. The lowest BCUT2D eigenvalue weighted by Gasteiger charge is -2.28. The number of hydrogen-bond acceptors (Lipinski definition) is 7. The number of fused-ring (bicyclic) bond motifs is 1. The Morgan fingerprint density at radius 1 is 1.22 bits per heavy atom. The Bertz CT molecular complexity index is 1150. The van der Waals surface area contributed by atoms with Gasteiger partial charge in [-0.2, -0.15) is 18.2 Å². The first kappa shape index (κ1) is 25.0. The van der Waals surface area contributed by atoms with Gasteiger partial charge in [0.1, 0.15) is 0 Å². The summed E-state index contributed by atoms with van der Waals surface area (Å²) in [6.07, 6.45) is -5.08. The SMILES string of the molecule is CC#CCn1c(N2CCNCC2)nc2c1c(=O)n(CCO)c(=O)n2C.O=C(O)C(F)(F)F. The monoisotopic (exact) mass is 460 g/mol. The molecule has 0 amide bonds. The number of aliphatic carboxylic acids is 1. The van der Waals surface area contributed by atoms with Crippen molar-refractivity contribution in [1.82, 2.24) is 24.0 Å². The van der Waals surface area contributed by atoms with Gasteiger partial charge in [0.2, 0.25) is 5.95 Å². The standard InChI is InChI=1S/C16H22N6O3.C2HF3O2/c1-3-4-7-21-12-13(18-15(21)20-8-5-17-6-9-20)19(2)16(25)22(10-11-23)14(12)24;3-2(4,5)1(6)7/h17,23H,5-11H2,1-2H3;(H,6,7).